The van der Waals surface area contributed by atoms with Crippen LogP contribution in [0.5, 0.6) is 0 Å². The largest absolute Gasteiger partial charge is 0.477 e. The number of β-lactam (4-membered cyclic amide) rings is 1. The molecule has 3 amide bonds. The Kier molecular flexibility index (Phi) is 7.25. The third-order valence-electron chi connectivity index (χ3n) is 5.73. The minimum Gasteiger partial charge on any atom is -0.477 e. The molecule has 7 N–H and O–H groups in total. The number of hydrogen-bond acceptors (Lipinski definition) is 11. The Balaban J connectivity index is 1.50. The first-order chi connectivity index (χ1) is 17.3. The fraction of sp³-hybridized carbons (Fsp3) is 0.350. The predicted molar refractivity (Wildman–Crippen MR) is 131 cm³/mol. The molecule has 0 aliphatic carbocycles. The minimum atomic E-state index is -1.32. The van der Waals surface area contributed by atoms with Crippen LogP contribution >= 0.6 is 23.1 Å². The molecule has 3 aliphatic heterocycles. The molecule has 2 atom stereocenters. The second kappa shape index (κ2) is 10.4. The number of aromatic nitrogens is 1. The summed E-state index contributed by atoms with van der Waals surface area (Å²) in [5.41, 5.74) is 10.9. The number of nitrogen functional groups attached to an aromatic ring is 1. The van der Waals surface area contributed by atoms with Gasteiger partial charge in [0.25, 0.3) is 11.8 Å². The predicted octanol–water partition coefficient (Wildman–Crippen LogP) is -1.21. The van der Waals surface area contributed by atoms with E-state index in [-0.39, 0.29) is 28.2 Å². The monoisotopic (exact) mass is 534 g/mol. The van der Waals surface area contributed by atoms with Crippen LogP contribution in [0.3, 0.4) is 0 Å². The number of carboxylic acid groups (broad SMARTS) is 1. The Morgan fingerprint density at radius 1 is 1.36 bits per heavy atom. The topological polar surface area (TPSA) is 217 Å². The Hall–Kier alpha value is -3.92. The van der Waals surface area contributed by atoms with Crippen LogP contribution in [0, 0.1) is 0 Å². The molecule has 2 saturated heterocycles. The van der Waals surface area contributed by atoms with E-state index in [9.17, 15) is 29.5 Å². The van der Waals surface area contributed by atoms with Gasteiger partial charge >= 0.3 is 5.97 Å². The fourth-order valence-corrected chi connectivity index (χ4v) is 5.90. The van der Waals surface area contributed by atoms with Gasteiger partial charge in [0.2, 0.25) is 5.91 Å². The highest BCUT2D eigenvalue weighted by Crippen LogP contribution is 2.41. The number of nitrogens with two attached hydrogens (primary N) is 2. The molecule has 0 aromatic carbocycles. The van der Waals surface area contributed by atoms with E-state index < -0.39 is 34.9 Å². The molecule has 2 fully saturated rings. The van der Waals surface area contributed by atoms with Crippen LogP contribution in [0.4, 0.5) is 5.13 Å². The van der Waals surface area contributed by atoms with Gasteiger partial charge in [-0.3, -0.25) is 24.3 Å². The summed E-state index contributed by atoms with van der Waals surface area (Å²) in [6, 6.07) is -1.04. The summed E-state index contributed by atoms with van der Waals surface area (Å²) >= 11 is 2.29. The summed E-state index contributed by atoms with van der Waals surface area (Å²) in [5, 5.41) is 25.5. The quantitative estimate of drug-likeness (QED) is 0.0669. The van der Waals surface area contributed by atoms with E-state index in [1.54, 1.807) is 4.90 Å². The third-order valence-corrected chi connectivity index (χ3v) is 7.71. The summed E-state index contributed by atoms with van der Waals surface area (Å²) in [5.74, 6) is -2.82. The molecule has 0 bridgehead atoms. The molecular weight excluding hydrogens is 512 g/mol. The Labute approximate surface area is 212 Å². The molecule has 4 rings (SSSR count). The Morgan fingerprint density at radius 3 is 2.78 bits per heavy atom. The number of fused-ring (bicyclic) bond motifs is 1. The van der Waals surface area contributed by atoms with E-state index >= 15 is 0 Å². The van der Waals surface area contributed by atoms with Crippen molar-refractivity contribution in [3.8, 4) is 0 Å². The number of thiazole rings is 1. The highest BCUT2D eigenvalue weighted by atomic mass is 32.2. The maximum Gasteiger partial charge on any atom is 0.352 e. The van der Waals surface area contributed by atoms with Crippen molar-refractivity contribution in [2.75, 3.05) is 31.1 Å². The van der Waals surface area contributed by atoms with Crippen molar-refractivity contribution in [1.29, 1.82) is 0 Å². The number of carboxylic acids is 1. The molecule has 16 heteroatoms. The summed E-state index contributed by atoms with van der Waals surface area (Å²) in [4.78, 5) is 60.8. The van der Waals surface area contributed by atoms with Gasteiger partial charge in [-0.15, -0.1) is 23.1 Å². The zero-order chi connectivity index (χ0) is 26.0. The average molecular weight is 535 g/mol. The summed E-state index contributed by atoms with van der Waals surface area (Å²) in [7, 11) is 0. The molecule has 1 aromatic heterocycles. The molecule has 3 aliphatic rings. The number of rotatable bonds is 8. The van der Waals surface area contributed by atoms with Crippen molar-refractivity contribution in [1.82, 2.24) is 20.1 Å². The number of nitrogens with one attached hydrogen (secondary N) is 1. The SMILES string of the molecule is NC=NCCN1CCC(=CC2=C(C(=O)O)N3C(=O)[C@@H](NC(=O)/C(=N\O)c4csc(N)n4)[C@H]3SC2)C1=O. The number of amides is 3. The van der Waals surface area contributed by atoms with Gasteiger partial charge in [0, 0.05) is 29.8 Å². The lowest BCUT2D eigenvalue weighted by Gasteiger charge is -2.49. The number of allylic oxidation sites excluding steroid dienone is 1. The third kappa shape index (κ3) is 4.64. The zero-order valence-electron chi connectivity index (χ0n) is 18.7. The molecule has 4 heterocycles. The molecule has 36 heavy (non-hydrogen) atoms. The number of aliphatic carboxylic acids is 1. The summed E-state index contributed by atoms with van der Waals surface area (Å²) < 4.78 is 0. The van der Waals surface area contributed by atoms with Gasteiger partial charge in [0.1, 0.15) is 22.8 Å². The lowest BCUT2D eigenvalue weighted by atomic mass is 10.0. The van der Waals surface area contributed by atoms with Gasteiger partial charge < -0.3 is 32.0 Å². The van der Waals surface area contributed by atoms with Gasteiger partial charge in [-0.1, -0.05) is 5.16 Å². The first kappa shape index (κ1) is 25.2. The average Bonchev–Trinajstić information content (AvgIpc) is 3.43. The zero-order valence-corrected chi connectivity index (χ0v) is 20.3. The van der Waals surface area contributed by atoms with E-state index in [4.69, 9.17) is 11.5 Å². The van der Waals surface area contributed by atoms with E-state index in [0.29, 0.717) is 37.2 Å². The molecule has 0 unspecified atom stereocenters. The number of hydrogen-bond donors (Lipinski definition) is 5. The van der Waals surface area contributed by atoms with Crippen LogP contribution in [-0.2, 0) is 19.2 Å². The van der Waals surface area contributed by atoms with E-state index in [0.717, 1.165) is 16.2 Å². The van der Waals surface area contributed by atoms with E-state index in [1.165, 1.54) is 29.6 Å². The number of aliphatic imine (C=N–C) groups is 1. The normalized spacial score (nSPS) is 23.4. The number of anilines is 1. The van der Waals surface area contributed by atoms with Gasteiger partial charge in [0.15, 0.2) is 10.8 Å². The smallest absolute Gasteiger partial charge is 0.352 e. The standard InChI is InChI=1S/C20H22N8O6S2/c21-8-23-2-4-27-3-1-9(16(27)30)5-10-6-35-18-13(17(31)28(18)14(10)19(32)33)25-15(29)12(26-34)11-7-36-20(22)24-11/h5,7-8,13,18,34H,1-4,6H2,(H2,21,23)(H2,22,24)(H,25,29)(H,32,33)/b9-5?,26-12-/t13-,18-/m1/s1. The lowest BCUT2D eigenvalue weighted by molar-refractivity contribution is -0.150. The molecule has 1 aromatic rings. The van der Waals surface area contributed by atoms with Crippen LogP contribution in [0.15, 0.2) is 38.4 Å². The van der Waals surface area contributed by atoms with Crippen molar-refractivity contribution >= 4 is 64.0 Å². The lowest BCUT2D eigenvalue weighted by Crippen LogP contribution is -2.71. The number of nitrogens with zero attached hydrogens (tertiary/aromatic N) is 5. The second-order valence-electron chi connectivity index (χ2n) is 7.83. The minimum absolute atomic E-state index is 0.0440. The van der Waals surface area contributed by atoms with Crippen molar-refractivity contribution in [3.63, 3.8) is 0 Å². The first-order valence-corrected chi connectivity index (χ1v) is 12.5. The number of carbonyl (C=O) groups is 4. The molecular formula is C20H22N8O6S2. The number of carbonyl (C=O) groups excluding carboxylic acids is 3. The Morgan fingerprint density at radius 2 is 2.14 bits per heavy atom. The van der Waals surface area contributed by atoms with Crippen LogP contribution < -0.4 is 16.8 Å². The van der Waals surface area contributed by atoms with Crippen molar-refractivity contribution in [3.05, 3.63) is 34.0 Å². The van der Waals surface area contributed by atoms with Crippen LogP contribution in [0.1, 0.15) is 12.1 Å². The molecule has 0 saturated carbocycles. The van der Waals surface area contributed by atoms with E-state index in [1.807, 2.05) is 0 Å². The highest BCUT2D eigenvalue weighted by Gasteiger charge is 2.54. The van der Waals surface area contributed by atoms with Crippen molar-refractivity contribution < 1.29 is 29.5 Å². The Bertz CT molecular complexity index is 1240. The highest BCUT2D eigenvalue weighted by molar-refractivity contribution is 8.00. The second-order valence-corrected chi connectivity index (χ2v) is 9.82. The van der Waals surface area contributed by atoms with E-state index in [2.05, 4.69) is 20.4 Å². The molecule has 14 nitrogen and oxygen atoms in total. The summed E-state index contributed by atoms with van der Waals surface area (Å²) in [6.45, 7) is 1.24. The van der Waals surface area contributed by atoms with Gasteiger partial charge in [-0.05, 0) is 18.1 Å². The maximum atomic E-state index is 12.9. The van der Waals surface area contributed by atoms with Crippen molar-refractivity contribution in [2.24, 2.45) is 15.9 Å². The fourth-order valence-electron chi connectivity index (χ4n) is 4.05. The molecule has 0 spiro atoms. The molecule has 190 valence electrons. The molecule has 0 radical (unpaired) electrons. The number of likely N-dealkylation sites (tertiary alicyclic amines) is 1. The van der Waals surface area contributed by atoms with Gasteiger partial charge in [-0.2, -0.15) is 0 Å². The van der Waals surface area contributed by atoms with Gasteiger partial charge in [0.05, 0.1) is 12.9 Å². The maximum absolute atomic E-state index is 12.9. The van der Waals surface area contributed by atoms with Crippen molar-refractivity contribution in [2.45, 2.75) is 17.8 Å². The van der Waals surface area contributed by atoms with Crippen LogP contribution in [0.25, 0.3) is 0 Å². The first-order valence-electron chi connectivity index (χ1n) is 10.6. The van der Waals surface area contributed by atoms with Crippen LogP contribution in [0.2, 0.25) is 0 Å². The summed E-state index contributed by atoms with van der Waals surface area (Å²) in [6.07, 6.45) is 3.14. The van der Waals surface area contributed by atoms with Gasteiger partial charge in [-0.25, -0.2) is 9.78 Å². The number of thioether (sulfide) groups is 1. The number of oxime groups is 1. The van der Waals surface area contributed by atoms with Crippen LogP contribution in [-0.4, -0.2) is 97.6 Å².